The van der Waals surface area contributed by atoms with Gasteiger partial charge in [-0.1, -0.05) is 18.2 Å². The molecule has 4 nitrogen and oxygen atoms in total. The molecule has 2 N–H and O–H groups in total. The van der Waals surface area contributed by atoms with E-state index < -0.39 is 5.97 Å². The first-order valence-corrected chi connectivity index (χ1v) is 6.79. The summed E-state index contributed by atoms with van der Waals surface area (Å²) >= 11 is 0. The molecule has 0 aliphatic carbocycles. The van der Waals surface area contributed by atoms with Gasteiger partial charge in [0.2, 0.25) is 0 Å². The highest BCUT2D eigenvalue weighted by Gasteiger charge is 2.09. The highest BCUT2D eigenvalue weighted by Crippen LogP contribution is 2.20. The molecule has 0 bridgehead atoms. The Kier molecular flexibility index (Phi) is 4.48. The van der Waals surface area contributed by atoms with E-state index in [0.29, 0.717) is 0 Å². The first-order chi connectivity index (χ1) is 9.97. The quantitative estimate of drug-likeness (QED) is 0.886. The molecular formula is C17H19NO3. The number of anilines is 1. The van der Waals surface area contributed by atoms with Crippen molar-refractivity contribution in [3.05, 3.63) is 59.2 Å². The molecule has 2 aromatic carbocycles. The molecule has 4 heteroatoms. The number of benzene rings is 2. The van der Waals surface area contributed by atoms with Gasteiger partial charge in [0.15, 0.2) is 0 Å². The Bertz CT molecular complexity index is 633. The topological polar surface area (TPSA) is 60.8 Å². The van der Waals surface area contributed by atoms with Crippen molar-refractivity contribution in [3.63, 3.8) is 0 Å². The van der Waals surface area contributed by atoms with Crippen LogP contribution in [-0.4, -0.2) is 30.3 Å². The lowest BCUT2D eigenvalue weighted by molar-refractivity contribution is 0.0693. The van der Waals surface area contributed by atoms with Crippen LogP contribution in [0.5, 0.6) is 5.75 Å². The monoisotopic (exact) mass is 285 g/mol. The average Bonchev–Trinajstić information content (AvgIpc) is 2.45. The Balaban J connectivity index is 2.03. The van der Waals surface area contributed by atoms with E-state index in [-0.39, 0.29) is 11.3 Å². The van der Waals surface area contributed by atoms with Crippen molar-refractivity contribution in [2.24, 2.45) is 0 Å². The van der Waals surface area contributed by atoms with Crippen LogP contribution in [0.2, 0.25) is 0 Å². The molecule has 0 aliphatic heterocycles. The number of aromatic hydroxyl groups is 1. The number of carbonyl (C=O) groups is 1. The molecule has 0 saturated heterocycles. The summed E-state index contributed by atoms with van der Waals surface area (Å²) in [6, 6.07) is 13.0. The van der Waals surface area contributed by atoms with Gasteiger partial charge < -0.3 is 15.1 Å². The highest BCUT2D eigenvalue weighted by molar-refractivity contribution is 5.90. The van der Waals surface area contributed by atoms with Gasteiger partial charge in [-0.15, -0.1) is 0 Å². The third-order valence-electron chi connectivity index (χ3n) is 3.45. The van der Waals surface area contributed by atoms with E-state index in [1.807, 2.05) is 19.0 Å². The summed E-state index contributed by atoms with van der Waals surface area (Å²) in [7, 11) is 4.00. The Hall–Kier alpha value is -2.49. The molecule has 21 heavy (non-hydrogen) atoms. The van der Waals surface area contributed by atoms with E-state index in [2.05, 4.69) is 24.3 Å². The average molecular weight is 285 g/mol. The number of rotatable bonds is 5. The minimum Gasteiger partial charge on any atom is -0.507 e. The number of aryl methyl sites for hydroxylation is 2. The van der Waals surface area contributed by atoms with Gasteiger partial charge in [-0.2, -0.15) is 0 Å². The number of nitrogens with zero attached hydrogens (tertiary/aromatic N) is 1. The predicted octanol–water partition coefficient (Wildman–Crippen LogP) is 2.94. The molecular weight excluding hydrogens is 266 g/mol. The molecule has 0 fully saturated rings. The zero-order chi connectivity index (χ0) is 15.4. The van der Waals surface area contributed by atoms with Gasteiger partial charge in [-0.3, -0.25) is 0 Å². The number of hydrogen-bond acceptors (Lipinski definition) is 3. The minimum absolute atomic E-state index is 0.0610. The van der Waals surface area contributed by atoms with Crippen molar-refractivity contribution in [3.8, 4) is 5.75 Å². The van der Waals surface area contributed by atoms with Crippen LogP contribution in [0.4, 0.5) is 5.69 Å². The molecule has 2 rings (SSSR count). The summed E-state index contributed by atoms with van der Waals surface area (Å²) in [5.41, 5.74) is 3.23. The SMILES string of the molecule is CN(C)c1ccc(CCc2ccc(C(=O)O)c(O)c2)cc1. The second-order valence-corrected chi connectivity index (χ2v) is 5.22. The lowest BCUT2D eigenvalue weighted by atomic mass is 10.0. The van der Waals surface area contributed by atoms with Crippen LogP contribution in [0.15, 0.2) is 42.5 Å². The van der Waals surface area contributed by atoms with E-state index in [1.165, 1.54) is 17.7 Å². The van der Waals surface area contributed by atoms with Crippen molar-refractivity contribution < 1.29 is 15.0 Å². The van der Waals surface area contributed by atoms with E-state index in [4.69, 9.17) is 5.11 Å². The smallest absolute Gasteiger partial charge is 0.339 e. The van der Waals surface area contributed by atoms with Gasteiger partial charge in [-0.25, -0.2) is 4.79 Å². The van der Waals surface area contributed by atoms with Crippen LogP contribution in [0.3, 0.4) is 0 Å². The Morgan fingerprint density at radius 2 is 1.57 bits per heavy atom. The second-order valence-electron chi connectivity index (χ2n) is 5.22. The van der Waals surface area contributed by atoms with Crippen molar-refractivity contribution >= 4 is 11.7 Å². The first-order valence-electron chi connectivity index (χ1n) is 6.79. The zero-order valence-electron chi connectivity index (χ0n) is 12.2. The number of hydrogen-bond donors (Lipinski definition) is 2. The molecule has 0 amide bonds. The highest BCUT2D eigenvalue weighted by atomic mass is 16.4. The third kappa shape index (κ3) is 3.75. The summed E-state index contributed by atoms with van der Waals surface area (Å²) in [6.07, 6.45) is 1.61. The van der Waals surface area contributed by atoms with E-state index in [9.17, 15) is 9.90 Å². The van der Waals surface area contributed by atoms with Crippen molar-refractivity contribution in [2.45, 2.75) is 12.8 Å². The number of aromatic carboxylic acids is 1. The molecule has 2 aromatic rings. The Morgan fingerprint density at radius 3 is 2.10 bits per heavy atom. The van der Waals surface area contributed by atoms with E-state index in [1.54, 1.807) is 6.07 Å². The van der Waals surface area contributed by atoms with Gasteiger partial charge in [0, 0.05) is 19.8 Å². The molecule has 0 spiro atoms. The number of carboxylic acid groups (broad SMARTS) is 1. The summed E-state index contributed by atoms with van der Waals surface area (Å²) in [5.74, 6) is -1.29. The fourth-order valence-corrected chi connectivity index (χ4v) is 2.16. The van der Waals surface area contributed by atoms with Gasteiger partial charge in [-0.05, 0) is 48.2 Å². The van der Waals surface area contributed by atoms with Crippen LogP contribution in [0.25, 0.3) is 0 Å². The Morgan fingerprint density at radius 1 is 1.00 bits per heavy atom. The molecule has 0 radical (unpaired) electrons. The summed E-state index contributed by atoms with van der Waals surface area (Å²) in [6.45, 7) is 0. The molecule has 0 aliphatic rings. The molecule has 0 aromatic heterocycles. The molecule has 0 atom stereocenters. The summed E-state index contributed by atoms with van der Waals surface area (Å²) in [4.78, 5) is 12.9. The lowest BCUT2D eigenvalue weighted by Gasteiger charge is -2.12. The maximum Gasteiger partial charge on any atom is 0.339 e. The summed E-state index contributed by atoms with van der Waals surface area (Å²) in [5, 5.41) is 18.5. The molecule has 0 heterocycles. The maximum absolute atomic E-state index is 10.8. The predicted molar refractivity (Wildman–Crippen MR) is 83.2 cm³/mol. The van der Waals surface area contributed by atoms with Crippen LogP contribution in [0.1, 0.15) is 21.5 Å². The first kappa shape index (κ1) is 14.9. The molecule has 0 unspecified atom stereocenters. The normalized spacial score (nSPS) is 10.4. The van der Waals surface area contributed by atoms with E-state index >= 15 is 0 Å². The van der Waals surface area contributed by atoms with Crippen molar-refractivity contribution in [1.29, 1.82) is 0 Å². The standard InChI is InChI=1S/C17H19NO3/c1-18(2)14-8-5-12(6-9-14)3-4-13-7-10-15(17(20)21)16(19)11-13/h5-11,19H,3-4H2,1-2H3,(H,20,21). The van der Waals surface area contributed by atoms with Gasteiger partial charge in [0.1, 0.15) is 11.3 Å². The Labute approximate surface area is 124 Å². The number of carboxylic acids is 1. The second kappa shape index (κ2) is 6.31. The van der Waals surface area contributed by atoms with Crippen LogP contribution in [0, 0.1) is 0 Å². The summed E-state index contributed by atoms with van der Waals surface area (Å²) < 4.78 is 0. The van der Waals surface area contributed by atoms with Crippen molar-refractivity contribution in [1.82, 2.24) is 0 Å². The fraction of sp³-hybridized carbons (Fsp3) is 0.235. The van der Waals surface area contributed by atoms with E-state index in [0.717, 1.165) is 24.1 Å². The van der Waals surface area contributed by atoms with Gasteiger partial charge >= 0.3 is 5.97 Å². The van der Waals surface area contributed by atoms with Crippen LogP contribution in [-0.2, 0) is 12.8 Å². The maximum atomic E-state index is 10.8. The lowest BCUT2D eigenvalue weighted by Crippen LogP contribution is -2.08. The third-order valence-corrected chi connectivity index (χ3v) is 3.45. The molecule has 0 saturated carbocycles. The fourth-order valence-electron chi connectivity index (χ4n) is 2.16. The van der Waals surface area contributed by atoms with Crippen LogP contribution >= 0.6 is 0 Å². The molecule has 110 valence electrons. The van der Waals surface area contributed by atoms with Crippen LogP contribution < -0.4 is 4.90 Å². The number of phenols is 1. The minimum atomic E-state index is -1.11. The zero-order valence-corrected chi connectivity index (χ0v) is 12.2. The van der Waals surface area contributed by atoms with Gasteiger partial charge in [0.05, 0.1) is 0 Å². The van der Waals surface area contributed by atoms with Crippen molar-refractivity contribution in [2.75, 3.05) is 19.0 Å². The van der Waals surface area contributed by atoms with Gasteiger partial charge in [0.25, 0.3) is 0 Å². The largest absolute Gasteiger partial charge is 0.507 e.